The van der Waals surface area contributed by atoms with Crippen molar-refractivity contribution in [2.45, 2.75) is 24.0 Å². The smallest absolute Gasteiger partial charge is 0.116 e. The summed E-state index contributed by atoms with van der Waals surface area (Å²) >= 11 is 0.0232. The molecule has 0 spiro atoms. The predicted octanol–water partition coefficient (Wildman–Crippen LogP) is 1.75. The zero-order chi connectivity index (χ0) is 10.7. The molecule has 2 unspecified atom stereocenters. The van der Waals surface area contributed by atoms with Gasteiger partial charge in [0.05, 0.1) is 18.3 Å². The van der Waals surface area contributed by atoms with Gasteiger partial charge in [0.2, 0.25) is 0 Å². The van der Waals surface area contributed by atoms with Crippen LogP contribution in [0.4, 0.5) is 3.89 Å². The molecule has 0 saturated carbocycles. The summed E-state index contributed by atoms with van der Waals surface area (Å²) < 4.78 is 12.4. The summed E-state index contributed by atoms with van der Waals surface area (Å²) in [4.78, 5) is 0.271. The molecule has 0 aliphatic carbocycles. The SMILES string of the molecule is CC(N)C(O)c1cc(O)ccc1SF. The lowest BCUT2D eigenvalue weighted by molar-refractivity contribution is 0.150. The largest absolute Gasteiger partial charge is 0.508 e. The molecular weight excluding hydrogens is 205 g/mol. The molecule has 0 aliphatic heterocycles. The summed E-state index contributed by atoms with van der Waals surface area (Å²) in [6, 6.07) is 3.57. The van der Waals surface area contributed by atoms with Gasteiger partial charge in [-0.05, 0) is 25.1 Å². The molecular formula is C9H12FNO2S. The van der Waals surface area contributed by atoms with Crippen LogP contribution in [0.25, 0.3) is 0 Å². The fraction of sp³-hybridized carbons (Fsp3) is 0.333. The van der Waals surface area contributed by atoms with Crippen molar-refractivity contribution in [1.82, 2.24) is 0 Å². The van der Waals surface area contributed by atoms with Gasteiger partial charge in [-0.2, -0.15) is 3.89 Å². The molecule has 0 fully saturated rings. The average Bonchev–Trinajstić information content (AvgIpc) is 2.16. The Morgan fingerprint density at radius 2 is 2.14 bits per heavy atom. The van der Waals surface area contributed by atoms with Crippen molar-refractivity contribution in [3.63, 3.8) is 0 Å². The number of benzene rings is 1. The van der Waals surface area contributed by atoms with Gasteiger partial charge in [-0.15, -0.1) is 0 Å². The Morgan fingerprint density at radius 3 is 2.64 bits per heavy atom. The van der Waals surface area contributed by atoms with E-state index in [0.29, 0.717) is 5.56 Å². The van der Waals surface area contributed by atoms with Crippen LogP contribution in [-0.4, -0.2) is 16.3 Å². The monoisotopic (exact) mass is 217 g/mol. The van der Waals surface area contributed by atoms with Gasteiger partial charge in [0.15, 0.2) is 0 Å². The first-order valence-electron chi connectivity index (χ1n) is 4.11. The summed E-state index contributed by atoms with van der Waals surface area (Å²) in [5.74, 6) is -0.0162. The van der Waals surface area contributed by atoms with Crippen molar-refractivity contribution >= 4 is 12.1 Å². The van der Waals surface area contributed by atoms with Crippen LogP contribution in [0.3, 0.4) is 0 Å². The van der Waals surface area contributed by atoms with Crippen molar-refractivity contribution in [3.05, 3.63) is 23.8 Å². The van der Waals surface area contributed by atoms with Crippen LogP contribution >= 0.6 is 12.1 Å². The zero-order valence-electron chi connectivity index (χ0n) is 7.64. The molecule has 1 aromatic carbocycles. The van der Waals surface area contributed by atoms with Gasteiger partial charge < -0.3 is 15.9 Å². The van der Waals surface area contributed by atoms with Gasteiger partial charge >= 0.3 is 0 Å². The zero-order valence-corrected chi connectivity index (χ0v) is 8.46. The van der Waals surface area contributed by atoms with Crippen LogP contribution in [-0.2, 0) is 0 Å². The number of nitrogens with two attached hydrogens (primary N) is 1. The number of aliphatic hydroxyl groups excluding tert-OH is 1. The van der Waals surface area contributed by atoms with Gasteiger partial charge in [-0.25, -0.2) is 0 Å². The molecule has 0 aliphatic rings. The first-order chi connectivity index (χ1) is 6.56. The highest BCUT2D eigenvalue weighted by atomic mass is 32.2. The third kappa shape index (κ3) is 2.37. The number of halogens is 1. The Kier molecular flexibility index (Phi) is 3.74. The number of aliphatic hydroxyl groups is 1. The van der Waals surface area contributed by atoms with Crippen molar-refractivity contribution < 1.29 is 14.1 Å². The Balaban J connectivity index is 3.10. The molecule has 5 heteroatoms. The fourth-order valence-corrected chi connectivity index (χ4v) is 1.51. The van der Waals surface area contributed by atoms with Crippen molar-refractivity contribution in [3.8, 4) is 5.75 Å². The fourth-order valence-electron chi connectivity index (χ4n) is 1.12. The minimum Gasteiger partial charge on any atom is -0.508 e. The van der Waals surface area contributed by atoms with E-state index < -0.39 is 12.1 Å². The average molecular weight is 217 g/mol. The lowest BCUT2D eigenvalue weighted by atomic mass is 10.0. The Labute approximate surface area is 86.0 Å². The Hall–Kier alpha value is -0.780. The quantitative estimate of drug-likeness (QED) is 0.721. The van der Waals surface area contributed by atoms with E-state index in [1.165, 1.54) is 18.2 Å². The maximum absolute atomic E-state index is 12.4. The molecule has 0 aromatic heterocycles. The molecule has 4 N–H and O–H groups in total. The van der Waals surface area contributed by atoms with Crippen LogP contribution in [0.1, 0.15) is 18.6 Å². The highest BCUT2D eigenvalue weighted by Crippen LogP contribution is 2.32. The van der Waals surface area contributed by atoms with Gasteiger partial charge in [-0.1, -0.05) is 0 Å². The highest BCUT2D eigenvalue weighted by molar-refractivity contribution is 7.94. The molecule has 3 nitrogen and oxygen atoms in total. The third-order valence-corrected chi connectivity index (χ3v) is 2.43. The van der Waals surface area contributed by atoms with Crippen LogP contribution in [0.5, 0.6) is 5.75 Å². The third-order valence-electron chi connectivity index (χ3n) is 1.89. The predicted molar refractivity (Wildman–Crippen MR) is 53.7 cm³/mol. The van der Waals surface area contributed by atoms with Gasteiger partial charge in [-0.3, -0.25) is 0 Å². The Bertz CT molecular complexity index is 320. The maximum atomic E-state index is 12.4. The van der Waals surface area contributed by atoms with Gasteiger partial charge in [0, 0.05) is 16.5 Å². The summed E-state index contributed by atoms with van der Waals surface area (Å²) in [7, 11) is 0. The molecule has 14 heavy (non-hydrogen) atoms. The van der Waals surface area contributed by atoms with E-state index in [2.05, 4.69) is 0 Å². The molecule has 78 valence electrons. The van der Waals surface area contributed by atoms with Gasteiger partial charge in [0.1, 0.15) is 5.75 Å². The lowest BCUT2D eigenvalue weighted by Gasteiger charge is -2.16. The first-order valence-corrected chi connectivity index (χ1v) is 4.83. The topological polar surface area (TPSA) is 66.5 Å². The maximum Gasteiger partial charge on any atom is 0.116 e. The second-order valence-electron chi connectivity index (χ2n) is 3.10. The van der Waals surface area contributed by atoms with E-state index in [1.54, 1.807) is 6.92 Å². The number of hydrogen-bond donors (Lipinski definition) is 3. The normalized spacial score (nSPS) is 15.1. The lowest BCUT2D eigenvalue weighted by Crippen LogP contribution is -2.24. The second kappa shape index (κ2) is 4.63. The van der Waals surface area contributed by atoms with Gasteiger partial charge in [0.25, 0.3) is 0 Å². The van der Waals surface area contributed by atoms with Crippen LogP contribution in [0.15, 0.2) is 23.1 Å². The van der Waals surface area contributed by atoms with E-state index in [9.17, 15) is 14.1 Å². The molecule has 0 amide bonds. The number of aromatic hydroxyl groups is 1. The van der Waals surface area contributed by atoms with E-state index in [1.807, 2.05) is 0 Å². The molecule has 2 atom stereocenters. The molecule has 0 heterocycles. The van der Waals surface area contributed by atoms with Crippen molar-refractivity contribution in [2.24, 2.45) is 5.73 Å². The minimum absolute atomic E-state index is 0.0162. The summed E-state index contributed by atoms with van der Waals surface area (Å²) in [6.07, 6.45) is -0.972. The standard InChI is InChI=1S/C9H12FNO2S/c1-5(11)9(13)7-4-6(12)2-3-8(7)14-10/h2-5,9,12-13H,11H2,1H3. The van der Waals surface area contributed by atoms with E-state index in [0.717, 1.165) is 0 Å². The van der Waals surface area contributed by atoms with Crippen LogP contribution in [0, 0.1) is 0 Å². The number of phenolic OH excluding ortho intramolecular Hbond substituents is 1. The molecule has 0 radical (unpaired) electrons. The number of hydrogen-bond acceptors (Lipinski definition) is 4. The van der Waals surface area contributed by atoms with Crippen LogP contribution < -0.4 is 5.73 Å². The van der Waals surface area contributed by atoms with E-state index >= 15 is 0 Å². The number of phenols is 1. The number of rotatable bonds is 3. The molecule has 1 aromatic rings. The summed E-state index contributed by atoms with van der Waals surface area (Å²) in [6.45, 7) is 1.61. The highest BCUT2D eigenvalue weighted by Gasteiger charge is 2.17. The van der Waals surface area contributed by atoms with Crippen molar-refractivity contribution in [1.29, 1.82) is 0 Å². The Morgan fingerprint density at radius 1 is 1.50 bits per heavy atom. The molecule has 0 saturated heterocycles. The molecule has 0 bridgehead atoms. The summed E-state index contributed by atoms with van der Waals surface area (Å²) in [5, 5.41) is 18.8. The first kappa shape index (κ1) is 11.3. The second-order valence-corrected chi connectivity index (χ2v) is 3.70. The van der Waals surface area contributed by atoms with Crippen molar-refractivity contribution in [2.75, 3.05) is 0 Å². The summed E-state index contributed by atoms with van der Waals surface area (Å²) in [5.41, 5.74) is 5.79. The van der Waals surface area contributed by atoms with E-state index in [-0.39, 0.29) is 22.8 Å². The van der Waals surface area contributed by atoms with E-state index in [4.69, 9.17) is 5.73 Å². The minimum atomic E-state index is -0.972. The van der Waals surface area contributed by atoms with Crippen LogP contribution in [0.2, 0.25) is 0 Å². The molecule has 1 rings (SSSR count).